The lowest BCUT2D eigenvalue weighted by Crippen LogP contribution is -2.33. The van der Waals surface area contributed by atoms with E-state index in [0.29, 0.717) is 18.5 Å². The molecule has 19 heavy (non-hydrogen) atoms. The molecule has 0 spiro atoms. The third kappa shape index (κ3) is 3.68. The van der Waals surface area contributed by atoms with E-state index in [9.17, 15) is 4.39 Å². The molecule has 0 amide bonds. The quantitative estimate of drug-likeness (QED) is 0.856. The van der Waals surface area contributed by atoms with Gasteiger partial charge in [0.05, 0.1) is 12.5 Å². The standard InChI is InChI=1S/C15H22FN3/c1-11(2)19(10-6-9-17)14-8-5-7-13(16)15(14)12(3)18-4/h5,7-8,11-12,18H,6,10H2,1-4H3. The van der Waals surface area contributed by atoms with Gasteiger partial charge in [0.1, 0.15) is 5.82 Å². The molecule has 1 aromatic rings. The second kappa shape index (κ2) is 7.10. The zero-order valence-corrected chi connectivity index (χ0v) is 12.1. The minimum Gasteiger partial charge on any atom is -0.368 e. The van der Waals surface area contributed by atoms with Gasteiger partial charge in [0, 0.05) is 29.9 Å². The molecular weight excluding hydrogens is 241 g/mol. The third-order valence-corrected chi connectivity index (χ3v) is 3.29. The third-order valence-electron chi connectivity index (χ3n) is 3.29. The molecule has 1 aromatic carbocycles. The predicted octanol–water partition coefficient (Wildman–Crippen LogP) is 3.23. The fourth-order valence-electron chi connectivity index (χ4n) is 2.18. The summed E-state index contributed by atoms with van der Waals surface area (Å²) in [5.74, 6) is -0.207. The summed E-state index contributed by atoms with van der Waals surface area (Å²) < 4.78 is 14.1. The normalized spacial score (nSPS) is 12.3. The molecule has 0 aliphatic heterocycles. The molecule has 0 saturated heterocycles. The second-order valence-corrected chi connectivity index (χ2v) is 4.88. The number of rotatable bonds is 6. The lowest BCUT2D eigenvalue weighted by molar-refractivity contribution is 0.556. The van der Waals surface area contributed by atoms with E-state index in [4.69, 9.17) is 5.26 Å². The van der Waals surface area contributed by atoms with Crippen LogP contribution in [0, 0.1) is 17.1 Å². The number of anilines is 1. The van der Waals surface area contributed by atoms with Crippen LogP contribution in [-0.2, 0) is 0 Å². The van der Waals surface area contributed by atoms with Crippen molar-refractivity contribution < 1.29 is 4.39 Å². The van der Waals surface area contributed by atoms with Crippen LogP contribution in [0.25, 0.3) is 0 Å². The molecule has 0 bridgehead atoms. The zero-order chi connectivity index (χ0) is 14.4. The largest absolute Gasteiger partial charge is 0.368 e. The van der Waals surface area contributed by atoms with Crippen LogP contribution in [0.15, 0.2) is 18.2 Å². The van der Waals surface area contributed by atoms with Crippen molar-refractivity contribution in [3.8, 4) is 6.07 Å². The SMILES string of the molecule is CNC(C)c1c(F)cccc1N(CCC#N)C(C)C. The van der Waals surface area contributed by atoms with E-state index in [1.807, 2.05) is 20.0 Å². The monoisotopic (exact) mass is 263 g/mol. The molecule has 4 heteroatoms. The van der Waals surface area contributed by atoms with E-state index in [1.165, 1.54) is 6.07 Å². The highest BCUT2D eigenvalue weighted by Crippen LogP contribution is 2.30. The van der Waals surface area contributed by atoms with Crippen LogP contribution in [0.3, 0.4) is 0 Å². The molecule has 0 radical (unpaired) electrons. The van der Waals surface area contributed by atoms with Crippen molar-refractivity contribution in [2.45, 2.75) is 39.3 Å². The maximum absolute atomic E-state index is 14.1. The number of nitrogens with zero attached hydrogens (tertiary/aromatic N) is 2. The van der Waals surface area contributed by atoms with E-state index >= 15 is 0 Å². The highest BCUT2D eigenvalue weighted by atomic mass is 19.1. The van der Waals surface area contributed by atoms with Crippen molar-refractivity contribution in [3.05, 3.63) is 29.6 Å². The Balaban J connectivity index is 3.22. The van der Waals surface area contributed by atoms with E-state index in [1.54, 1.807) is 6.07 Å². The maximum atomic E-state index is 14.1. The van der Waals surface area contributed by atoms with Crippen molar-refractivity contribution >= 4 is 5.69 Å². The Morgan fingerprint density at radius 1 is 1.37 bits per heavy atom. The van der Waals surface area contributed by atoms with Crippen LogP contribution in [-0.4, -0.2) is 19.6 Å². The lowest BCUT2D eigenvalue weighted by atomic mass is 10.0. The molecule has 104 valence electrons. The molecule has 0 aliphatic carbocycles. The fraction of sp³-hybridized carbons (Fsp3) is 0.533. The molecule has 1 N–H and O–H groups in total. The van der Waals surface area contributed by atoms with Gasteiger partial charge in [-0.05, 0) is 40.0 Å². The highest BCUT2D eigenvalue weighted by molar-refractivity contribution is 5.56. The Bertz CT molecular complexity index is 451. The predicted molar refractivity (Wildman–Crippen MR) is 76.6 cm³/mol. The van der Waals surface area contributed by atoms with Crippen molar-refractivity contribution in [1.29, 1.82) is 5.26 Å². The van der Waals surface area contributed by atoms with Crippen LogP contribution in [0.5, 0.6) is 0 Å². The van der Waals surface area contributed by atoms with E-state index in [2.05, 4.69) is 30.1 Å². The van der Waals surface area contributed by atoms with Gasteiger partial charge in [-0.2, -0.15) is 5.26 Å². The second-order valence-electron chi connectivity index (χ2n) is 4.88. The molecule has 0 heterocycles. The topological polar surface area (TPSA) is 39.1 Å². The van der Waals surface area contributed by atoms with Gasteiger partial charge < -0.3 is 10.2 Å². The van der Waals surface area contributed by atoms with Gasteiger partial charge in [-0.3, -0.25) is 0 Å². The Kier molecular flexibility index (Phi) is 5.78. The maximum Gasteiger partial charge on any atom is 0.130 e. The number of hydrogen-bond acceptors (Lipinski definition) is 3. The van der Waals surface area contributed by atoms with Crippen LogP contribution in [0.4, 0.5) is 10.1 Å². The van der Waals surface area contributed by atoms with E-state index in [0.717, 1.165) is 5.69 Å². The first-order chi connectivity index (χ1) is 9.02. The van der Waals surface area contributed by atoms with Gasteiger partial charge in [0.2, 0.25) is 0 Å². The average Bonchev–Trinajstić information content (AvgIpc) is 2.38. The van der Waals surface area contributed by atoms with Crippen LogP contribution >= 0.6 is 0 Å². The molecule has 1 rings (SSSR count). The fourth-order valence-corrected chi connectivity index (χ4v) is 2.18. The minimum absolute atomic E-state index is 0.0699. The van der Waals surface area contributed by atoms with E-state index < -0.39 is 0 Å². The van der Waals surface area contributed by atoms with Gasteiger partial charge in [0.15, 0.2) is 0 Å². The number of halogens is 1. The van der Waals surface area contributed by atoms with Crippen molar-refractivity contribution in [2.24, 2.45) is 0 Å². The van der Waals surface area contributed by atoms with Crippen LogP contribution in [0.2, 0.25) is 0 Å². The van der Waals surface area contributed by atoms with Gasteiger partial charge in [-0.15, -0.1) is 0 Å². The minimum atomic E-state index is -0.207. The zero-order valence-electron chi connectivity index (χ0n) is 12.1. The number of nitrogens with one attached hydrogen (secondary N) is 1. The van der Waals surface area contributed by atoms with Crippen LogP contribution < -0.4 is 10.2 Å². The van der Waals surface area contributed by atoms with Crippen LogP contribution in [0.1, 0.15) is 38.8 Å². The number of hydrogen-bond donors (Lipinski definition) is 1. The van der Waals surface area contributed by atoms with Crippen molar-refractivity contribution in [3.63, 3.8) is 0 Å². The first-order valence-electron chi connectivity index (χ1n) is 6.62. The average molecular weight is 263 g/mol. The summed E-state index contributed by atoms with van der Waals surface area (Å²) in [5.41, 5.74) is 1.53. The number of benzene rings is 1. The molecule has 1 unspecified atom stereocenters. The lowest BCUT2D eigenvalue weighted by Gasteiger charge is -2.31. The van der Waals surface area contributed by atoms with Gasteiger partial charge in [0.25, 0.3) is 0 Å². The van der Waals surface area contributed by atoms with Gasteiger partial charge >= 0.3 is 0 Å². The molecule has 0 saturated carbocycles. The summed E-state index contributed by atoms with van der Waals surface area (Å²) in [6.45, 7) is 6.65. The van der Waals surface area contributed by atoms with Crippen molar-refractivity contribution in [1.82, 2.24) is 5.32 Å². The highest BCUT2D eigenvalue weighted by Gasteiger charge is 2.20. The Labute approximate surface area is 115 Å². The summed E-state index contributed by atoms with van der Waals surface area (Å²) in [5, 5.41) is 11.8. The molecule has 0 fully saturated rings. The van der Waals surface area contributed by atoms with E-state index in [-0.39, 0.29) is 17.9 Å². The summed E-state index contributed by atoms with van der Waals surface area (Å²) in [7, 11) is 1.82. The summed E-state index contributed by atoms with van der Waals surface area (Å²) in [6, 6.07) is 7.42. The molecule has 0 aromatic heterocycles. The molecule has 0 aliphatic rings. The smallest absolute Gasteiger partial charge is 0.130 e. The molecular formula is C15H22FN3. The van der Waals surface area contributed by atoms with Gasteiger partial charge in [-0.1, -0.05) is 6.07 Å². The summed E-state index contributed by atoms with van der Waals surface area (Å²) >= 11 is 0. The molecule has 1 atom stereocenters. The Morgan fingerprint density at radius 2 is 2.05 bits per heavy atom. The van der Waals surface area contributed by atoms with Gasteiger partial charge in [-0.25, -0.2) is 4.39 Å². The molecule has 3 nitrogen and oxygen atoms in total. The first kappa shape index (κ1) is 15.5. The number of nitriles is 1. The van der Waals surface area contributed by atoms with Crippen molar-refractivity contribution in [2.75, 3.05) is 18.5 Å². The Morgan fingerprint density at radius 3 is 2.58 bits per heavy atom. The summed E-state index contributed by atoms with van der Waals surface area (Å²) in [6.07, 6.45) is 0.433. The summed E-state index contributed by atoms with van der Waals surface area (Å²) in [4.78, 5) is 2.08. The first-order valence-corrected chi connectivity index (χ1v) is 6.62. The Hall–Kier alpha value is -1.60.